The smallest absolute Gasteiger partial charge is 0.338 e. The first-order valence-electron chi connectivity index (χ1n) is 6.42. The van der Waals surface area contributed by atoms with Crippen molar-refractivity contribution in [3.63, 3.8) is 0 Å². The molecule has 0 amide bonds. The highest BCUT2D eigenvalue weighted by molar-refractivity contribution is 5.89. The molecule has 0 heterocycles. The van der Waals surface area contributed by atoms with Crippen molar-refractivity contribution >= 4 is 11.7 Å². The molecule has 0 saturated carbocycles. The molecule has 0 aliphatic carbocycles. The number of aromatic carboxylic acids is 1. The summed E-state index contributed by atoms with van der Waals surface area (Å²) in [6, 6.07) is 4.08. The van der Waals surface area contributed by atoms with Crippen molar-refractivity contribution in [3.8, 4) is 0 Å². The lowest BCUT2D eigenvalue weighted by molar-refractivity contribution is 0.0692. The number of benzene rings is 1. The average molecular weight is 253 g/mol. The lowest BCUT2D eigenvalue weighted by Gasteiger charge is -2.07. The zero-order valence-electron chi connectivity index (χ0n) is 10.7. The fourth-order valence-electron chi connectivity index (χ4n) is 1.76. The molecule has 0 radical (unpaired) electrons. The van der Waals surface area contributed by atoms with Gasteiger partial charge in [0.25, 0.3) is 0 Å². The van der Waals surface area contributed by atoms with Gasteiger partial charge in [-0.2, -0.15) is 0 Å². The van der Waals surface area contributed by atoms with E-state index in [2.05, 4.69) is 12.2 Å². The number of unbranched alkanes of at least 4 members (excludes halogenated alkanes) is 4. The molecule has 3 nitrogen and oxygen atoms in total. The maximum atomic E-state index is 13.1. The largest absolute Gasteiger partial charge is 0.478 e. The highest BCUT2D eigenvalue weighted by atomic mass is 19.1. The molecular formula is C14H20FNO2. The van der Waals surface area contributed by atoms with E-state index in [0.717, 1.165) is 19.4 Å². The third-order valence-electron chi connectivity index (χ3n) is 2.81. The lowest BCUT2D eigenvalue weighted by Crippen LogP contribution is -2.05. The van der Waals surface area contributed by atoms with Crippen molar-refractivity contribution in [2.75, 3.05) is 11.9 Å². The van der Waals surface area contributed by atoms with Crippen molar-refractivity contribution in [2.24, 2.45) is 0 Å². The van der Waals surface area contributed by atoms with E-state index in [4.69, 9.17) is 5.11 Å². The highest BCUT2D eigenvalue weighted by Gasteiger charge is 2.10. The summed E-state index contributed by atoms with van der Waals surface area (Å²) in [5, 5.41) is 11.9. The standard InChI is InChI=1S/C14H20FNO2/c1-2-3-4-5-6-9-16-11-7-8-13(15)12(10-11)14(17)18/h7-8,10,16H,2-6,9H2,1H3,(H,17,18). The molecule has 100 valence electrons. The van der Waals surface area contributed by atoms with E-state index in [1.165, 1.54) is 31.4 Å². The van der Waals surface area contributed by atoms with Crippen LogP contribution in [0.3, 0.4) is 0 Å². The molecule has 0 aromatic heterocycles. The Morgan fingerprint density at radius 1 is 1.28 bits per heavy atom. The van der Waals surface area contributed by atoms with Gasteiger partial charge in [0.1, 0.15) is 5.82 Å². The molecule has 1 rings (SSSR count). The summed E-state index contributed by atoms with van der Waals surface area (Å²) in [6.45, 7) is 2.96. The summed E-state index contributed by atoms with van der Waals surface area (Å²) in [4.78, 5) is 10.8. The fraction of sp³-hybridized carbons (Fsp3) is 0.500. The number of halogens is 1. The topological polar surface area (TPSA) is 49.3 Å². The third kappa shape index (κ3) is 4.73. The highest BCUT2D eigenvalue weighted by Crippen LogP contribution is 2.15. The SMILES string of the molecule is CCCCCCCNc1ccc(F)c(C(=O)O)c1. The average Bonchev–Trinajstić information content (AvgIpc) is 2.35. The monoisotopic (exact) mass is 253 g/mol. The van der Waals surface area contributed by atoms with Gasteiger partial charge in [0.15, 0.2) is 0 Å². The molecular weight excluding hydrogens is 233 g/mol. The third-order valence-corrected chi connectivity index (χ3v) is 2.81. The van der Waals surface area contributed by atoms with Gasteiger partial charge in [-0.15, -0.1) is 0 Å². The Labute approximate surface area is 107 Å². The normalized spacial score (nSPS) is 10.3. The molecule has 0 fully saturated rings. The van der Waals surface area contributed by atoms with Crippen LogP contribution in [0.25, 0.3) is 0 Å². The number of carboxylic acid groups (broad SMARTS) is 1. The second kappa shape index (κ2) is 7.69. The number of anilines is 1. The van der Waals surface area contributed by atoms with Gasteiger partial charge >= 0.3 is 5.97 Å². The molecule has 0 unspecified atom stereocenters. The summed E-state index contributed by atoms with van der Waals surface area (Å²) in [6.07, 6.45) is 5.89. The minimum atomic E-state index is -1.24. The molecule has 2 N–H and O–H groups in total. The van der Waals surface area contributed by atoms with Crippen molar-refractivity contribution in [1.29, 1.82) is 0 Å². The number of carboxylic acids is 1. The van der Waals surface area contributed by atoms with Crippen LogP contribution in [-0.2, 0) is 0 Å². The van der Waals surface area contributed by atoms with E-state index in [9.17, 15) is 9.18 Å². The van der Waals surface area contributed by atoms with Gasteiger partial charge in [-0.25, -0.2) is 9.18 Å². The minimum Gasteiger partial charge on any atom is -0.478 e. The van der Waals surface area contributed by atoms with Gasteiger partial charge in [0.05, 0.1) is 5.56 Å². The van der Waals surface area contributed by atoms with Crippen molar-refractivity contribution in [1.82, 2.24) is 0 Å². The zero-order chi connectivity index (χ0) is 13.4. The Hall–Kier alpha value is -1.58. The summed E-state index contributed by atoms with van der Waals surface area (Å²) >= 11 is 0. The van der Waals surface area contributed by atoms with Gasteiger partial charge in [-0.3, -0.25) is 0 Å². The molecule has 0 bridgehead atoms. The van der Waals surface area contributed by atoms with Crippen LogP contribution in [0.1, 0.15) is 49.4 Å². The van der Waals surface area contributed by atoms with Crippen molar-refractivity contribution in [3.05, 3.63) is 29.6 Å². The molecule has 4 heteroatoms. The Kier molecular flexibility index (Phi) is 6.19. The Morgan fingerprint density at radius 2 is 2.00 bits per heavy atom. The predicted octanol–water partition coefficient (Wildman–Crippen LogP) is 3.91. The van der Waals surface area contributed by atoms with Gasteiger partial charge in [-0.05, 0) is 24.6 Å². The minimum absolute atomic E-state index is 0.286. The van der Waals surface area contributed by atoms with Gasteiger partial charge in [0.2, 0.25) is 0 Å². The first-order valence-corrected chi connectivity index (χ1v) is 6.42. The number of nitrogens with one attached hydrogen (secondary N) is 1. The van der Waals surface area contributed by atoms with Crippen LogP contribution in [0.2, 0.25) is 0 Å². The quantitative estimate of drug-likeness (QED) is 0.691. The Balaban J connectivity index is 2.38. The molecule has 1 aromatic rings. The maximum absolute atomic E-state index is 13.1. The van der Waals surface area contributed by atoms with Crippen molar-refractivity contribution in [2.45, 2.75) is 39.0 Å². The van der Waals surface area contributed by atoms with Crippen LogP contribution in [-0.4, -0.2) is 17.6 Å². The van der Waals surface area contributed by atoms with Crippen LogP contribution >= 0.6 is 0 Å². The van der Waals surface area contributed by atoms with Crippen LogP contribution in [0.5, 0.6) is 0 Å². The van der Waals surface area contributed by atoms with E-state index < -0.39 is 11.8 Å². The number of hydrogen-bond donors (Lipinski definition) is 2. The summed E-state index contributed by atoms with van der Waals surface area (Å²) in [5.41, 5.74) is 0.371. The van der Waals surface area contributed by atoms with E-state index in [1.54, 1.807) is 6.07 Å². The second-order valence-corrected chi connectivity index (χ2v) is 4.34. The van der Waals surface area contributed by atoms with Crippen LogP contribution in [0.15, 0.2) is 18.2 Å². The molecule has 0 atom stereocenters. The molecule has 18 heavy (non-hydrogen) atoms. The van der Waals surface area contributed by atoms with Crippen LogP contribution in [0.4, 0.5) is 10.1 Å². The second-order valence-electron chi connectivity index (χ2n) is 4.34. The molecule has 0 spiro atoms. The van der Waals surface area contributed by atoms with E-state index in [0.29, 0.717) is 5.69 Å². The predicted molar refractivity (Wildman–Crippen MR) is 70.6 cm³/mol. The van der Waals surface area contributed by atoms with Crippen LogP contribution in [0, 0.1) is 5.82 Å². The molecule has 0 aliphatic rings. The van der Waals surface area contributed by atoms with Gasteiger partial charge in [0, 0.05) is 12.2 Å². The summed E-state index contributed by atoms with van der Waals surface area (Å²) < 4.78 is 13.1. The number of rotatable bonds is 8. The zero-order valence-corrected chi connectivity index (χ0v) is 10.7. The molecule has 0 saturated heterocycles. The van der Waals surface area contributed by atoms with E-state index >= 15 is 0 Å². The first kappa shape index (κ1) is 14.5. The summed E-state index contributed by atoms with van der Waals surface area (Å²) in [5.74, 6) is -1.94. The van der Waals surface area contributed by atoms with Gasteiger partial charge in [-0.1, -0.05) is 32.6 Å². The van der Waals surface area contributed by atoms with Crippen molar-refractivity contribution < 1.29 is 14.3 Å². The van der Waals surface area contributed by atoms with E-state index in [1.807, 2.05) is 0 Å². The van der Waals surface area contributed by atoms with E-state index in [-0.39, 0.29) is 5.56 Å². The summed E-state index contributed by atoms with van der Waals surface area (Å²) in [7, 11) is 0. The van der Waals surface area contributed by atoms with Gasteiger partial charge < -0.3 is 10.4 Å². The maximum Gasteiger partial charge on any atom is 0.338 e. The Bertz CT molecular complexity index is 393. The first-order chi connectivity index (χ1) is 8.65. The Morgan fingerprint density at radius 3 is 2.67 bits per heavy atom. The number of hydrogen-bond acceptors (Lipinski definition) is 2. The molecule has 0 aliphatic heterocycles. The lowest BCUT2D eigenvalue weighted by atomic mass is 10.1. The number of carbonyl (C=O) groups is 1. The van der Waals surface area contributed by atoms with Crippen LogP contribution < -0.4 is 5.32 Å². The molecule has 1 aromatic carbocycles. The fourth-order valence-corrected chi connectivity index (χ4v) is 1.76.